The van der Waals surface area contributed by atoms with Crippen LogP contribution in [0.4, 0.5) is 0 Å². The first-order valence-corrected chi connectivity index (χ1v) is 6.02. The average molecular weight is 244 g/mol. The zero-order valence-electron chi connectivity index (χ0n) is 9.83. The molecule has 17 heavy (non-hydrogen) atoms. The number of fused-ring (bicyclic) bond motifs is 6. The summed E-state index contributed by atoms with van der Waals surface area (Å²) in [6.45, 7) is 4.78. The lowest BCUT2D eigenvalue weighted by molar-refractivity contribution is -0.342. The lowest BCUT2D eigenvalue weighted by Gasteiger charge is -2.42. The van der Waals surface area contributed by atoms with Crippen molar-refractivity contribution in [2.75, 3.05) is 13.2 Å². The lowest BCUT2D eigenvalue weighted by Crippen LogP contribution is -2.57. The Kier molecular flexibility index (Phi) is 2.13. The van der Waals surface area contributed by atoms with E-state index < -0.39 is 5.79 Å². The van der Waals surface area contributed by atoms with E-state index in [1.165, 1.54) is 0 Å². The molecule has 4 heterocycles. The van der Waals surface area contributed by atoms with Crippen LogP contribution in [0.25, 0.3) is 0 Å². The predicted octanol–water partition coefficient (Wildman–Crippen LogP) is 0.00310. The molecule has 4 aliphatic heterocycles. The summed E-state index contributed by atoms with van der Waals surface area (Å²) in [5.74, 6) is -0.604. The van der Waals surface area contributed by atoms with Crippen molar-refractivity contribution in [2.45, 2.75) is 56.6 Å². The molecule has 6 atom stereocenters. The number of ether oxygens (including phenoxy) is 6. The van der Waals surface area contributed by atoms with Gasteiger partial charge in [-0.25, -0.2) is 0 Å². The van der Waals surface area contributed by atoms with Crippen molar-refractivity contribution in [3.8, 4) is 0 Å². The molecule has 0 radical (unpaired) electrons. The van der Waals surface area contributed by atoms with E-state index in [1.807, 2.05) is 13.8 Å². The normalized spacial score (nSPS) is 55.4. The molecule has 0 unspecified atom stereocenters. The van der Waals surface area contributed by atoms with Gasteiger partial charge in [0.2, 0.25) is 0 Å². The summed E-state index contributed by atoms with van der Waals surface area (Å²) in [4.78, 5) is 0. The second-order valence-corrected chi connectivity index (χ2v) is 5.31. The Morgan fingerprint density at radius 3 is 2.65 bits per heavy atom. The van der Waals surface area contributed by atoms with Crippen molar-refractivity contribution >= 4 is 0 Å². The predicted molar refractivity (Wildman–Crippen MR) is 53.1 cm³/mol. The van der Waals surface area contributed by atoms with Gasteiger partial charge in [0.15, 0.2) is 18.4 Å². The molecule has 0 saturated carbocycles. The SMILES string of the molecule is CC1(C)O[C@H]2O[C@H]3[C@H](O[C@H]4COC[C@@H]3O4)[C@H]2O1. The summed E-state index contributed by atoms with van der Waals surface area (Å²) in [7, 11) is 0. The van der Waals surface area contributed by atoms with E-state index in [2.05, 4.69) is 0 Å². The largest absolute Gasteiger partial charge is 0.373 e. The Morgan fingerprint density at radius 1 is 0.882 bits per heavy atom. The minimum atomic E-state index is -0.604. The minimum Gasteiger partial charge on any atom is -0.373 e. The van der Waals surface area contributed by atoms with Crippen LogP contribution in [0.2, 0.25) is 0 Å². The van der Waals surface area contributed by atoms with Crippen molar-refractivity contribution in [3.05, 3.63) is 0 Å². The molecule has 0 aromatic heterocycles. The van der Waals surface area contributed by atoms with E-state index in [0.717, 1.165) is 0 Å². The van der Waals surface area contributed by atoms with E-state index >= 15 is 0 Å². The molecule has 4 aliphatic rings. The van der Waals surface area contributed by atoms with Crippen LogP contribution in [-0.4, -0.2) is 56.0 Å². The third-order valence-electron chi connectivity index (χ3n) is 3.56. The third kappa shape index (κ3) is 1.56. The topological polar surface area (TPSA) is 55.4 Å². The zero-order valence-corrected chi connectivity index (χ0v) is 9.83. The van der Waals surface area contributed by atoms with Crippen molar-refractivity contribution in [2.24, 2.45) is 0 Å². The van der Waals surface area contributed by atoms with Crippen LogP contribution in [0.1, 0.15) is 13.8 Å². The molecule has 4 saturated heterocycles. The molecular weight excluding hydrogens is 228 g/mol. The van der Waals surface area contributed by atoms with Gasteiger partial charge in [0, 0.05) is 0 Å². The summed E-state index contributed by atoms with van der Waals surface area (Å²) < 4.78 is 34.2. The van der Waals surface area contributed by atoms with Crippen LogP contribution < -0.4 is 0 Å². The van der Waals surface area contributed by atoms with E-state index in [-0.39, 0.29) is 37.0 Å². The third-order valence-corrected chi connectivity index (χ3v) is 3.56. The number of hydrogen-bond donors (Lipinski definition) is 0. The molecule has 0 aromatic rings. The van der Waals surface area contributed by atoms with Crippen LogP contribution in [-0.2, 0) is 28.4 Å². The number of rotatable bonds is 0. The van der Waals surface area contributed by atoms with Gasteiger partial charge in [-0.1, -0.05) is 0 Å². The molecule has 4 fully saturated rings. The maximum Gasteiger partial charge on any atom is 0.190 e. The number of hydrogen-bond acceptors (Lipinski definition) is 6. The first-order chi connectivity index (χ1) is 8.12. The molecule has 6 nitrogen and oxygen atoms in total. The van der Waals surface area contributed by atoms with Gasteiger partial charge < -0.3 is 28.4 Å². The average Bonchev–Trinajstić information content (AvgIpc) is 2.72. The van der Waals surface area contributed by atoms with E-state index in [4.69, 9.17) is 28.4 Å². The smallest absolute Gasteiger partial charge is 0.190 e. The van der Waals surface area contributed by atoms with Gasteiger partial charge in [0.1, 0.15) is 24.4 Å². The second-order valence-electron chi connectivity index (χ2n) is 5.31. The Hall–Kier alpha value is -0.240. The van der Waals surface area contributed by atoms with Crippen molar-refractivity contribution in [1.29, 1.82) is 0 Å². The molecule has 4 rings (SSSR count). The van der Waals surface area contributed by atoms with Crippen LogP contribution in [0.5, 0.6) is 0 Å². The first-order valence-electron chi connectivity index (χ1n) is 6.02. The molecular formula is C11H16O6. The molecule has 6 heteroatoms. The van der Waals surface area contributed by atoms with Crippen molar-refractivity contribution < 1.29 is 28.4 Å². The zero-order chi connectivity index (χ0) is 11.6. The van der Waals surface area contributed by atoms with Crippen molar-refractivity contribution in [3.63, 3.8) is 0 Å². The second kappa shape index (κ2) is 3.40. The maximum atomic E-state index is 5.84. The molecule has 0 spiro atoms. The molecule has 2 bridgehead atoms. The monoisotopic (exact) mass is 244 g/mol. The lowest BCUT2D eigenvalue weighted by atomic mass is 10.0. The van der Waals surface area contributed by atoms with E-state index in [0.29, 0.717) is 13.2 Å². The summed E-state index contributed by atoms with van der Waals surface area (Å²) in [5, 5.41) is 0. The molecule has 0 aromatic carbocycles. The van der Waals surface area contributed by atoms with Gasteiger partial charge in [-0.05, 0) is 13.8 Å². The van der Waals surface area contributed by atoms with Crippen LogP contribution >= 0.6 is 0 Å². The van der Waals surface area contributed by atoms with E-state index in [1.54, 1.807) is 0 Å². The summed E-state index contributed by atoms with van der Waals surface area (Å²) in [6.07, 6.45) is -1.17. The van der Waals surface area contributed by atoms with Gasteiger partial charge in [-0.3, -0.25) is 0 Å². The Morgan fingerprint density at radius 2 is 1.76 bits per heavy atom. The molecule has 0 aliphatic carbocycles. The van der Waals surface area contributed by atoms with Gasteiger partial charge in [-0.15, -0.1) is 0 Å². The van der Waals surface area contributed by atoms with E-state index in [9.17, 15) is 0 Å². The van der Waals surface area contributed by atoms with Gasteiger partial charge in [0.05, 0.1) is 13.2 Å². The Balaban J connectivity index is 1.59. The molecule has 0 N–H and O–H groups in total. The van der Waals surface area contributed by atoms with Gasteiger partial charge in [0.25, 0.3) is 0 Å². The summed E-state index contributed by atoms with van der Waals surface area (Å²) in [6, 6.07) is 0. The highest BCUT2D eigenvalue weighted by atomic mass is 16.9. The molecule has 96 valence electrons. The van der Waals surface area contributed by atoms with Gasteiger partial charge >= 0.3 is 0 Å². The fourth-order valence-corrected chi connectivity index (χ4v) is 2.93. The van der Waals surface area contributed by atoms with Crippen molar-refractivity contribution in [1.82, 2.24) is 0 Å². The minimum absolute atomic E-state index is 0.0755. The first kappa shape index (κ1) is 10.7. The molecule has 0 amide bonds. The quantitative estimate of drug-likeness (QED) is 0.598. The van der Waals surface area contributed by atoms with Crippen LogP contribution in [0.15, 0.2) is 0 Å². The summed E-state index contributed by atoms with van der Waals surface area (Å²) in [5.41, 5.74) is 0. The fraction of sp³-hybridized carbons (Fsp3) is 1.00. The van der Waals surface area contributed by atoms with Crippen LogP contribution in [0.3, 0.4) is 0 Å². The fourth-order valence-electron chi connectivity index (χ4n) is 2.93. The Labute approximate surface area is 99.0 Å². The maximum absolute atomic E-state index is 5.84. The Bertz CT molecular complexity index is 332. The summed E-state index contributed by atoms with van der Waals surface area (Å²) >= 11 is 0. The van der Waals surface area contributed by atoms with Crippen LogP contribution in [0, 0.1) is 0 Å². The van der Waals surface area contributed by atoms with Gasteiger partial charge in [-0.2, -0.15) is 0 Å². The highest BCUT2D eigenvalue weighted by Crippen LogP contribution is 2.43. The highest BCUT2D eigenvalue weighted by molar-refractivity contribution is 5.00. The highest BCUT2D eigenvalue weighted by Gasteiger charge is 2.60. The standard InChI is InChI=1S/C11H16O6/c1-11(2)16-9-8-7(15-10(9)17-11)5-3-12-4-6(13-5)14-8/h5-10H,3-4H2,1-2H3/t5-,6-,7+,8-,9+,10+/m0/s1.